The van der Waals surface area contributed by atoms with Crippen LogP contribution in [0.5, 0.6) is 0 Å². The topological polar surface area (TPSA) is 32.3 Å². The van der Waals surface area contributed by atoms with Crippen LogP contribution in [0.1, 0.15) is 50.9 Å². The van der Waals surface area contributed by atoms with Crippen molar-refractivity contribution in [1.82, 2.24) is 5.48 Å². The van der Waals surface area contributed by atoms with Gasteiger partial charge in [0.25, 0.3) is 0 Å². The lowest BCUT2D eigenvalue weighted by Crippen LogP contribution is -2.54. The number of hydrogen-bond acceptors (Lipinski definition) is 2. The van der Waals surface area contributed by atoms with Crippen LogP contribution in [0.4, 0.5) is 0 Å². The van der Waals surface area contributed by atoms with Crippen molar-refractivity contribution in [2.75, 3.05) is 0 Å². The Hall–Kier alpha value is -0.0800. The van der Waals surface area contributed by atoms with Crippen LogP contribution in [0.2, 0.25) is 0 Å². The van der Waals surface area contributed by atoms with E-state index in [2.05, 4.69) is 0 Å². The summed E-state index contributed by atoms with van der Waals surface area (Å²) in [5, 5.41) is 9.38. The predicted molar refractivity (Wildman–Crippen MR) is 55.0 cm³/mol. The lowest BCUT2D eigenvalue weighted by molar-refractivity contribution is -0.0917. The van der Waals surface area contributed by atoms with E-state index in [1.54, 1.807) is 0 Å². The molecule has 0 aromatic rings. The van der Waals surface area contributed by atoms with Crippen LogP contribution in [0, 0.1) is 23.2 Å². The van der Waals surface area contributed by atoms with Crippen LogP contribution in [-0.2, 0) is 0 Å². The molecule has 2 N–H and O–H groups in total. The Labute approximate surface area is 91.7 Å². The fourth-order valence-corrected chi connectivity index (χ4v) is 4.54. The van der Waals surface area contributed by atoms with E-state index in [9.17, 15) is 5.21 Å². The van der Waals surface area contributed by atoms with Gasteiger partial charge >= 0.3 is 0 Å². The van der Waals surface area contributed by atoms with Gasteiger partial charge in [0.2, 0.25) is 0 Å². The highest BCUT2D eigenvalue weighted by Gasteiger charge is 2.52. The van der Waals surface area contributed by atoms with Crippen molar-refractivity contribution in [2.45, 2.75) is 51.4 Å². The van der Waals surface area contributed by atoms with Crippen molar-refractivity contribution < 1.29 is 10.7 Å². The number of nitrogens with one attached hydrogen (secondary N) is 1. The standard InChI is InChI=1S/C12H21NO/c1-8(13-14)12-5-9-2-10(6-12)4-11(3-9)7-12/h8-11,13-14H,2-7H2,1H3/i1D3,8D. The molecule has 2 nitrogen and oxygen atoms in total. The van der Waals surface area contributed by atoms with Gasteiger partial charge in [-0.15, -0.1) is 0 Å². The van der Waals surface area contributed by atoms with E-state index in [0.717, 1.165) is 19.3 Å². The van der Waals surface area contributed by atoms with Crippen molar-refractivity contribution >= 4 is 0 Å². The quantitative estimate of drug-likeness (QED) is 0.670. The Morgan fingerprint density at radius 2 is 1.79 bits per heavy atom. The van der Waals surface area contributed by atoms with E-state index >= 15 is 0 Å². The molecule has 0 aromatic heterocycles. The van der Waals surface area contributed by atoms with E-state index in [1.165, 1.54) is 19.3 Å². The van der Waals surface area contributed by atoms with Crippen molar-refractivity contribution in [1.29, 1.82) is 0 Å². The Kier molecular flexibility index (Phi) is 1.24. The molecule has 0 aromatic carbocycles. The molecule has 4 aliphatic rings. The molecule has 4 fully saturated rings. The predicted octanol–water partition coefficient (Wildman–Crippen LogP) is 2.57. The van der Waals surface area contributed by atoms with Crippen LogP contribution in [0.15, 0.2) is 0 Å². The Balaban J connectivity index is 1.99. The summed E-state index contributed by atoms with van der Waals surface area (Å²) in [4.78, 5) is 0. The average molecular weight is 199 g/mol. The second-order valence-corrected chi connectivity index (χ2v) is 5.68. The van der Waals surface area contributed by atoms with Gasteiger partial charge in [0.05, 0.1) is 0 Å². The zero-order valence-electron chi connectivity index (χ0n) is 12.4. The van der Waals surface area contributed by atoms with Crippen LogP contribution in [0.25, 0.3) is 0 Å². The summed E-state index contributed by atoms with van der Waals surface area (Å²) < 4.78 is 31.3. The lowest BCUT2D eigenvalue weighted by atomic mass is 9.48. The summed E-state index contributed by atoms with van der Waals surface area (Å²) in [6.45, 7) is -2.49. The molecule has 0 heterocycles. The molecule has 4 aliphatic carbocycles. The van der Waals surface area contributed by atoms with Gasteiger partial charge in [0, 0.05) is 11.5 Å². The van der Waals surface area contributed by atoms with Gasteiger partial charge in [0.15, 0.2) is 0 Å². The lowest BCUT2D eigenvalue weighted by Gasteiger charge is -2.58. The minimum atomic E-state index is -2.49. The zero-order chi connectivity index (χ0) is 13.2. The molecule has 4 rings (SSSR count). The second kappa shape index (κ2) is 2.96. The van der Waals surface area contributed by atoms with E-state index in [-0.39, 0.29) is 0 Å². The highest BCUT2D eigenvalue weighted by molar-refractivity contribution is 5.04. The summed E-state index contributed by atoms with van der Waals surface area (Å²) in [6, 6.07) is -1.91. The molecule has 1 atom stereocenters. The van der Waals surface area contributed by atoms with Gasteiger partial charge in [-0.05, 0) is 68.5 Å². The first kappa shape index (κ1) is 5.86. The average Bonchev–Trinajstić information content (AvgIpc) is 2.24. The monoisotopic (exact) mass is 199 g/mol. The summed E-state index contributed by atoms with van der Waals surface area (Å²) in [7, 11) is 0. The second-order valence-electron chi connectivity index (χ2n) is 5.68. The molecular weight excluding hydrogens is 174 g/mol. The Bertz CT molecular complexity index is 321. The molecule has 1 unspecified atom stereocenters. The van der Waals surface area contributed by atoms with Crippen molar-refractivity contribution in [3.8, 4) is 0 Å². The van der Waals surface area contributed by atoms with Crippen LogP contribution in [0.3, 0.4) is 0 Å². The first-order chi connectivity index (χ1) is 8.30. The number of hydroxylamine groups is 1. The van der Waals surface area contributed by atoms with Crippen molar-refractivity contribution in [3.63, 3.8) is 0 Å². The third kappa shape index (κ3) is 1.17. The summed E-state index contributed by atoms with van der Waals surface area (Å²) in [5.74, 6) is 1.70. The molecule has 0 amide bonds. The summed E-state index contributed by atoms with van der Waals surface area (Å²) in [5.41, 5.74) is 1.31. The number of rotatable bonds is 2. The minimum absolute atomic E-state index is 0.566. The van der Waals surface area contributed by atoms with Gasteiger partial charge in [-0.25, -0.2) is 5.48 Å². The van der Waals surface area contributed by atoms with Gasteiger partial charge in [-0.2, -0.15) is 0 Å². The first-order valence-corrected chi connectivity index (χ1v) is 5.71. The number of hydrogen-bond donors (Lipinski definition) is 2. The van der Waals surface area contributed by atoms with Gasteiger partial charge in [0.1, 0.15) is 0 Å². The summed E-state index contributed by atoms with van der Waals surface area (Å²) >= 11 is 0. The first-order valence-electron chi connectivity index (χ1n) is 7.71. The maximum Gasteiger partial charge on any atom is 0.0492 e. The fraction of sp³-hybridized carbons (Fsp3) is 1.00. The maximum atomic E-state index is 9.38. The Morgan fingerprint density at radius 1 is 1.29 bits per heavy atom. The molecular formula is C12H21NO. The molecule has 0 radical (unpaired) electrons. The van der Waals surface area contributed by atoms with Crippen LogP contribution in [-0.4, -0.2) is 11.2 Å². The maximum absolute atomic E-state index is 9.38. The van der Waals surface area contributed by atoms with Gasteiger partial charge in [-0.1, -0.05) is 0 Å². The molecule has 4 saturated carbocycles. The van der Waals surface area contributed by atoms with Crippen LogP contribution >= 0.6 is 0 Å². The molecule has 0 aliphatic heterocycles. The van der Waals surface area contributed by atoms with E-state index in [1.807, 2.05) is 5.48 Å². The van der Waals surface area contributed by atoms with E-state index in [0.29, 0.717) is 17.8 Å². The Morgan fingerprint density at radius 3 is 2.14 bits per heavy atom. The molecule has 0 saturated heterocycles. The molecule has 80 valence electrons. The molecule has 2 heteroatoms. The highest BCUT2D eigenvalue weighted by Crippen LogP contribution is 2.61. The highest BCUT2D eigenvalue weighted by atomic mass is 16.5. The molecule has 14 heavy (non-hydrogen) atoms. The van der Waals surface area contributed by atoms with Gasteiger partial charge in [-0.3, -0.25) is 0 Å². The molecule has 0 spiro atoms. The third-order valence-electron chi connectivity index (χ3n) is 4.68. The van der Waals surface area contributed by atoms with Crippen molar-refractivity contribution in [3.05, 3.63) is 0 Å². The SMILES string of the molecule is [2H]C([2H])([2H])C([2H])(NO)C12CC3CC(CC(C3)C1)C2. The van der Waals surface area contributed by atoms with Crippen LogP contribution < -0.4 is 5.48 Å². The smallest absolute Gasteiger partial charge is 0.0492 e. The third-order valence-corrected chi connectivity index (χ3v) is 4.68. The van der Waals surface area contributed by atoms with Gasteiger partial charge < -0.3 is 5.21 Å². The zero-order valence-corrected chi connectivity index (χ0v) is 8.42. The fourth-order valence-electron chi connectivity index (χ4n) is 4.54. The van der Waals surface area contributed by atoms with E-state index in [4.69, 9.17) is 5.48 Å². The van der Waals surface area contributed by atoms with E-state index < -0.39 is 18.3 Å². The largest absolute Gasteiger partial charge is 0.317 e. The normalized spacial score (nSPS) is 59.6. The minimum Gasteiger partial charge on any atom is -0.317 e. The summed E-state index contributed by atoms with van der Waals surface area (Å²) in [6.07, 6.45) is 5.95. The molecule has 4 bridgehead atoms. The van der Waals surface area contributed by atoms with Crippen molar-refractivity contribution in [2.24, 2.45) is 23.2 Å².